The summed E-state index contributed by atoms with van der Waals surface area (Å²) in [6.45, 7) is 0. The number of aromatic nitrogens is 2. The number of hydrogen-bond donors (Lipinski definition) is 0. The molecule has 0 fully saturated rings. The fourth-order valence-electron chi connectivity index (χ4n) is 2.72. The summed E-state index contributed by atoms with van der Waals surface area (Å²) in [6.07, 6.45) is 0. The molecule has 0 saturated carbocycles. The van der Waals surface area contributed by atoms with Gasteiger partial charge < -0.3 is 9.26 Å². The van der Waals surface area contributed by atoms with Crippen LogP contribution in [-0.2, 0) is 5.75 Å². The van der Waals surface area contributed by atoms with Gasteiger partial charge in [-0.1, -0.05) is 59.8 Å². The van der Waals surface area contributed by atoms with Crippen LogP contribution >= 0.6 is 11.8 Å². The first-order chi connectivity index (χ1) is 13.3. The highest BCUT2D eigenvalue weighted by Crippen LogP contribution is 2.33. The average Bonchev–Trinajstić information content (AvgIpc) is 3.23. The van der Waals surface area contributed by atoms with Crippen LogP contribution in [0, 0.1) is 0 Å². The Hall–Kier alpha value is -3.05. The predicted octanol–water partition coefficient (Wildman–Crippen LogP) is 5.70. The largest absolute Gasteiger partial charge is 0.497 e. The number of rotatable bonds is 6. The van der Waals surface area contributed by atoms with Gasteiger partial charge in [-0.3, -0.25) is 0 Å². The molecule has 1 heterocycles. The first kappa shape index (κ1) is 17.4. The Morgan fingerprint density at radius 1 is 0.926 bits per heavy atom. The van der Waals surface area contributed by atoms with E-state index in [4.69, 9.17) is 9.26 Å². The van der Waals surface area contributed by atoms with Gasteiger partial charge in [0.1, 0.15) is 5.75 Å². The van der Waals surface area contributed by atoms with Crippen LogP contribution in [0.15, 0.2) is 88.3 Å². The summed E-state index contributed by atoms with van der Waals surface area (Å²) in [7, 11) is 1.64. The Morgan fingerprint density at radius 2 is 1.74 bits per heavy atom. The van der Waals surface area contributed by atoms with E-state index in [0.29, 0.717) is 11.7 Å². The van der Waals surface area contributed by atoms with Crippen molar-refractivity contribution >= 4 is 11.8 Å². The molecule has 0 spiro atoms. The van der Waals surface area contributed by atoms with Crippen molar-refractivity contribution in [3.63, 3.8) is 0 Å². The van der Waals surface area contributed by atoms with Crippen LogP contribution in [0.1, 0.15) is 5.56 Å². The summed E-state index contributed by atoms with van der Waals surface area (Å²) < 4.78 is 10.8. The number of hydrogen-bond acceptors (Lipinski definition) is 5. The van der Waals surface area contributed by atoms with Gasteiger partial charge in [-0.25, -0.2) is 0 Å². The summed E-state index contributed by atoms with van der Waals surface area (Å²) in [5.74, 6) is 2.71. The van der Waals surface area contributed by atoms with Crippen molar-refractivity contribution in [3.8, 4) is 28.6 Å². The minimum absolute atomic E-state index is 0.518. The van der Waals surface area contributed by atoms with Crippen LogP contribution in [-0.4, -0.2) is 17.3 Å². The molecule has 0 N–H and O–H groups in total. The molecule has 27 heavy (non-hydrogen) atoms. The van der Waals surface area contributed by atoms with Gasteiger partial charge in [-0.15, -0.1) is 11.8 Å². The Labute approximate surface area is 162 Å². The van der Waals surface area contributed by atoms with E-state index in [1.54, 1.807) is 18.9 Å². The summed E-state index contributed by atoms with van der Waals surface area (Å²) in [5, 5.41) is 4.15. The lowest BCUT2D eigenvalue weighted by atomic mass is 10.2. The minimum Gasteiger partial charge on any atom is -0.497 e. The van der Waals surface area contributed by atoms with Gasteiger partial charge in [0.05, 0.1) is 12.7 Å². The smallest absolute Gasteiger partial charge is 0.259 e. The third kappa shape index (κ3) is 4.04. The SMILES string of the molecule is COc1cccc(-c2noc(-c3ccccc3SCc3ccccc3)n2)c1. The van der Waals surface area contributed by atoms with Gasteiger partial charge in [-0.2, -0.15) is 4.98 Å². The highest BCUT2D eigenvalue weighted by molar-refractivity contribution is 7.98. The molecule has 3 aromatic carbocycles. The summed E-state index contributed by atoms with van der Waals surface area (Å²) in [4.78, 5) is 5.71. The average molecular weight is 374 g/mol. The standard InChI is InChI=1S/C22H18N2O2S/c1-25-18-11-7-10-17(14-18)21-23-22(26-24-21)19-12-5-6-13-20(19)27-15-16-8-3-2-4-9-16/h2-14H,15H2,1H3. The van der Waals surface area contributed by atoms with E-state index in [0.717, 1.165) is 27.5 Å². The van der Waals surface area contributed by atoms with Gasteiger partial charge in [-0.05, 0) is 29.8 Å². The zero-order valence-electron chi connectivity index (χ0n) is 14.8. The molecule has 0 aliphatic rings. The molecule has 4 rings (SSSR count). The maximum absolute atomic E-state index is 5.56. The molecule has 0 unspecified atom stereocenters. The minimum atomic E-state index is 0.518. The van der Waals surface area contributed by atoms with Gasteiger partial charge >= 0.3 is 0 Å². The monoisotopic (exact) mass is 374 g/mol. The highest BCUT2D eigenvalue weighted by atomic mass is 32.2. The van der Waals surface area contributed by atoms with Gasteiger partial charge in [0.15, 0.2) is 0 Å². The second-order valence-corrected chi connectivity index (χ2v) is 6.94. The van der Waals surface area contributed by atoms with Crippen molar-refractivity contribution in [2.45, 2.75) is 10.6 Å². The van der Waals surface area contributed by atoms with Crippen molar-refractivity contribution in [3.05, 3.63) is 84.4 Å². The van der Waals surface area contributed by atoms with Crippen LogP contribution in [0.2, 0.25) is 0 Å². The molecule has 0 radical (unpaired) electrons. The topological polar surface area (TPSA) is 48.2 Å². The predicted molar refractivity (Wildman–Crippen MR) is 108 cm³/mol. The van der Waals surface area contributed by atoms with Gasteiger partial charge in [0.2, 0.25) is 5.82 Å². The molecule has 0 aliphatic heterocycles. The number of benzene rings is 3. The second-order valence-electron chi connectivity index (χ2n) is 5.93. The fraction of sp³-hybridized carbons (Fsp3) is 0.0909. The molecule has 0 saturated heterocycles. The highest BCUT2D eigenvalue weighted by Gasteiger charge is 2.14. The van der Waals surface area contributed by atoms with Crippen molar-refractivity contribution < 1.29 is 9.26 Å². The molecule has 4 aromatic rings. The quantitative estimate of drug-likeness (QED) is 0.405. The first-order valence-electron chi connectivity index (χ1n) is 8.58. The molecule has 0 aliphatic carbocycles. The summed E-state index contributed by atoms with van der Waals surface area (Å²) in [6, 6.07) is 26.1. The molecule has 5 heteroatoms. The molecular formula is C22H18N2O2S. The summed E-state index contributed by atoms with van der Waals surface area (Å²) >= 11 is 1.76. The number of thioether (sulfide) groups is 1. The molecule has 0 amide bonds. The van der Waals surface area contributed by atoms with Crippen LogP contribution in [0.25, 0.3) is 22.8 Å². The third-order valence-electron chi connectivity index (χ3n) is 4.11. The van der Waals surface area contributed by atoms with Crippen molar-refractivity contribution in [1.29, 1.82) is 0 Å². The Morgan fingerprint density at radius 3 is 2.59 bits per heavy atom. The Balaban J connectivity index is 1.60. The van der Waals surface area contributed by atoms with E-state index in [1.165, 1.54) is 5.56 Å². The molecule has 0 bridgehead atoms. The zero-order chi connectivity index (χ0) is 18.5. The lowest BCUT2D eigenvalue weighted by Crippen LogP contribution is -1.86. The van der Waals surface area contributed by atoms with Crippen LogP contribution in [0.4, 0.5) is 0 Å². The fourth-order valence-corrected chi connectivity index (χ4v) is 3.72. The number of methoxy groups -OCH3 is 1. The van der Waals surface area contributed by atoms with Crippen molar-refractivity contribution in [1.82, 2.24) is 10.1 Å². The normalized spacial score (nSPS) is 10.7. The molecule has 4 nitrogen and oxygen atoms in total. The Kier molecular flexibility index (Phi) is 5.21. The van der Waals surface area contributed by atoms with Gasteiger partial charge in [0.25, 0.3) is 5.89 Å². The van der Waals surface area contributed by atoms with E-state index in [9.17, 15) is 0 Å². The molecule has 134 valence electrons. The van der Waals surface area contributed by atoms with Crippen molar-refractivity contribution in [2.75, 3.05) is 7.11 Å². The molecular weight excluding hydrogens is 356 g/mol. The summed E-state index contributed by atoms with van der Waals surface area (Å²) in [5.41, 5.74) is 3.08. The Bertz CT molecular complexity index is 1030. The van der Waals surface area contributed by atoms with E-state index in [1.807, 2.05) is 48.5 Å². The lowest BCUT2D eigenvalue weighted by Gasteiger charge is -2.05. The zero-order valence-corrected chi connectivity index (χ0v) is 15.6. The number of ether oxygens (including phenoxy) is 1. The molecule has 1 aromatic heterocycles. The number of nitrogens with zero attached hydrogens (tertiary/aromatic N) is 2. The lowest BCUT2D eigenvalue weighted by molar-refractivity contribution is 0.414. The third-order valence-corrected chi connectivity index (χ3v) is 5.25. The maximum Gasteiger partial charge on any atom is 0.259 e. The second kappa shape index (κ2) is 8.10. The van der Waals surface area contributed by atoms with Crippen LogP contribution < -0.4 is 4.74 Å². The van der Waals surface area contributed by atoms with Crippen LogP contribution in [0.3, 0.4) is 0 Å². The first-order valence-corrected chi connectivity index (χ1v) is 9.56. The van der Waals surface area contributed by atoms with E-state index in [2.05, 4.69) is 40.5 Å². The van der Waals surface area contributed by atoms with Crippen molar-refractivity contribution in [2.24, 2.45) is 0 Å². The van der Waals surface area contributed by atoms with E-state index in [-0.39, 0.29) is 0 Å². The maximum atomic E-state index is 5.56. The van der Waals surface area contributed by atoms with Crippen LogP contribution in [0.5, 0.6) is 5.75 Å². The van der Waals surface area contributed by atoms with E-state index < -0.39 is 0 Å². The molecule has 0 atom stereocenters. The van der Waals surface area contributed by atoms with E-state index >= 15 is 0 Å². The van der Waals surface area contributed by atoms with Gasteiger partial charge in [0, 0.05) is 16.2 Å².